The molecule has 0 heterocycles. The van der Waals surface area contributed by atoms with Gasteiger partial charge < -0.3 is 24.8 Å². The summed E-state index contributed by atoms with van der Waals surface area (Å²) in [7, 11) is 3.01. The van der Waals surface area contributed by atoms with Crippen LogP contribution in [-0.4, -0.2) is 44.8 Å². The molecule has 13 heteroatoms. The third-order valence-corrected chi connectivity index (χ3v) is 6.54. The predicted molar refractivity (Wildman–Crippen MR) is 157 cm³/mol. The van der Waals surface area contributed by atoms with Gasteiger partial charge in [0.25, 0.3) is 5.91 Å². The first kappa shape index (κ1) is 30.0. The summed E-state index contributed by atoms with van der Waals surface area (Å²) in [6, 6.07) is 15.1. The second kappa shape index (κ2) is 14.6. The standard InChI is InChI=1S/C26H23Cl2IN4O6/c1-37-18-6-3-15(4-7-18)12-30-25(35)26(36)33-31-13-16-9-21(29)24(22(10-16)38-2)39-14-23(34)32-17-5-8-19(27)20(28)11-17/h3-11,13H,12,14H2,1-2H3,(H,30,35)(H,32,34)(H,33,36)/b31-13-. The Kier molecular flexibility index (Phi) is 11.2. The Morgan fingerprint density at radius 1 is 0.949 bits per heavy atom. The monoisotopic (exact) mass is 684 g/mol. The number of hydrogen-bond donors (Lipinski definition) is 3. The zero-order valence-corrected chi connectivity index (χ0v) is 24.4. The average molecular weight is 685 g/mol. The van der Waals surface area contributed by atoms with E-state index in [1.54, 1.807) is 55.6 Å². The molecule has 0 bridgehead atoms. The first-order valence-electron chi connectivity index (χ1n) is 11.2. The van der Waals surface area contributed by atoms with Crippen LogP contribution in [0.1, 0.15) is 11.1 Å². The first-order chi connectivity index (χ1) is 18.7. The summed E-state index contributed by atoms with van der Waals surface area (Å²) < 4.78 is 16.8. The number of methoxy groups -OCH3 is 2. The predicted octanol–water partition coefficient (Wildman–Crippen LogP) is 4.40. The number of hydrogen-bond acceptors (Lipinski definition) is 7. The lowest BCUT2D eigenvalue weighted by Gasteiger charge is -2.13. The Labute approximate surface area is 248 Å². The minimum Gasteiger partial charge on any atom is -0.497 e. The number of carbonyl (C=O) groups excluding carboxylic acids is 3. The SMILES string of the molecule is COc1ccc(CNC(=O)C(=O)N/N=C\c2cc(I)c(OCC(=O)Nc3ccc(Cl)c(Cl)c3)c(OC)c2)cc1. The minimum atomic E-state index is -0.922. The molecule has 0 unspecified atom stereocenters. The number of carbonyl (C=O) groups is 3. The van der Waals surface area contributed by atoms with Gasteiger partial charge in [-0.1, -0.05) is 35.3 Å². The molecular formula is C26H23Cl2IN4O6. The number of hydrazone groups is 1. The Morgan fingerprint density at radius 2 is 1.69 bits per heavy atom. The van der Waals surface area contributed by atoms with Gasteiger partial charge in [0, 0.05) is 12.2 Å². The molecule has 0 aliphatic heterocycles. The second-order valence-corrected chi connectivity index (χ2v) is 9.71. The molecule has 0 aliphatic carbocycles. The van der Waals surface area contributed by atoms with E-state index < -0.39 is 17.7 Å². The van der Waals surface area contributed by atoms with Crippen molar-refractivity contribution < 1.29 is 28.6 Å². The molecule has 0 fully saturated rings. The Hall–Kier alpha value is -3.55. The second-order valence-electron chi connectivity index (χ2n) is 7.73. The highest BCUT2D eigenvalue weighted by Gasteiger charge is 2.15. The minimum absolute atomic E-state index is 0.169. The van der Waals surface area contributed by atoms with Crippen LogP contribution in [0.2, 0.25) is 10.0 Å². The molecule has 0 radical (unpaired) electrons. The number of ether oxygens (including phenoxy) is 3. The summed E-state index contributed by atoms with van der Waals surface area (Å²) in [6.07, 6.45) is 1.35. The van der Waals surface area contributed by atoms with Crippen LogP contribution in [-0.2, 0) is 20.9 Å². The topological polar surface area (TPSA) is 127 Å². The Bertz CT molecular complexity index is 1390. The molecule has 3 amide bonds. The zero-order valence-electron chi connectivity index (χ0n) is 20.7. The normalized spacial score (nSPS) is 10.6. The van der Waals surface area contributed by atoms with Gasteiger partial charge in [0.2, 0.25) is 0 Å². The van der Waals surface area contributed by atoms with Crippen LogP contribution in [0.4, 0.5) is 5.69 Å². The van der Waals surface area contributed by atoms with Gasteiger partial charge in [-0.25, -0.2) is 5.43 Å². The van der Waals surface area contributed by atoms with Crippen molar-refractivity contribution in [2.24, 2.45) is 5.10 Å². The zero-order chi connectivity index (χ0) is 28.4. The third kappa shape index (κ3) is 9.01. The summed E-state index contributed by atoms with van der Waals surface area (Å²) in [6.45, 7) is -0.121. The van der Waals surface area contributed by atoms with E-state index in [9.17, 15) is 14.4 Å². The number of nitrogens with one attached hydrogen (secondary N) is 3. The van der Waals surface area contributed by atoms with Crippen LogP contribution in [0.5, 0.6) is 17.2 Å². The summed E-state index contributed by atoms with van der Waals surface area (Å²) in [5.41, 5.74) is 4.02. The van der Waals surface area contributed by atoms with Crippen LogP contribution in [0.25, 0.3) is 0 Å². The molecule has 3 aromatic rings. The van der Waals surface area contributed by atoms with Gasteiger partial charge >= 0.3 is 11.8 Å². The van der Waals surface area contributed by atoms with Crippen molar-refractivity contribution >= 4 is 75.4 Å². The molecule has 3 rings (SSSR count). The number of anilines is 1. The number of rotatable bonds is 10. The fraction of sp³-hybridized carbons (Fsp3) is 0.154. The molecule has 0 aromatic heterocycles. The summed E-state index contributed by atoms with van der Waals surface area (Å²) >= 11 is 13.9. The van der Waals surface area contributed by atoms with Crippen LogP contribution in [0.15, 0.2) is 59.7 Å². The summed E-state index contributed by atoms with van der Waals surface area (Å²) in [4.78, 5) is 36.4. The Morgan fingerprint density at radius 3 is 2.36 bits per heavy atom. The first-order valence-corrected chi connectivity index (χ1v) is 13.0. The lowest BCUT2D eigenvalue weighted by Crippen LogP contribution is -2.37. The van der Waals surface area contributed by atoms with E-state index in [1.807, 2.05) is 22.6 Å². The van der Waals surface area contributed by atoms with Crippen LogP contribution in [0, 0.1) is 3.57 Å². The molecule has 0 aliphatic rings. The number of benzene rings is 3. The van der Waals surface area contributed by atoms with Gasteiger partial charge in [-0.3, -0.25) is 14.4 Å². The molecule has 10 nitrogen and oxygen atoms in total. The largest absolute Gasteiger partial charge is 0.497 e. The molecule has 0 saturated heterocycles. The van der Waals surface area contributed by atoms with Crippen molar-refractivity contribution in [3.63, 3.8) is 0 Å². The molecule has 0 saturated carbocycles. The smallest absolute Gasteiger partial charge is 0.329 e. The fourth-order valence-electron chi connectivity index (χ4n) is 3.09. The number of halogens is 3. The lowest BCUT2D eigenvalue weighted by atomic mass is 10.2. The molecule has 0 spiro atoms. The third-order valence-electron chi connectivity index (χ3n) is 5.00. The van der Waals surface area contributed by atoms with Gasteiger partial charge in [0.05, 0.1) is 34.0 Å². The van der Waals surface area contributed by atoms with Gasteiger partial charge in [-0.2, -0.15) is 5.10 Å². The van der Waals surface area contributed by atoms with Crippen molar-refractivity contribution in [1.29, 1.82) is 0 Å². The van der Waals surface area contributed by atoms with Gasteiger partial charge in [-0.15, -0.1) is 0 Å². The van der Waals surface area contributed by atoms with Crippen LogP contribution in [0.3, 0.4) is 0 Å². The maximum atomic E-state index is 12.3. The Balaban J connectivity index is 1.53. The van der Waals surface area contributed by atoms with Crippen molar-refractivity contribution in [1.82, 2.24) is 10.7 Å². The van der Waals surface area contributed by atoms with Gasteiger partial charge in [-0.05, 0) is 76.2 Å². The van der Waals surface area contributed by atoms with Crippen molar-refractivity contribution in [3.8, 4) is 17.2 Å². The van der Waals surface area contributed by atoms with E-state index in [0.717, 1.165) is 5.56 Å². The van der Waals surface area contributed by atoms with Gasteiger partial charge in [0.15, 0.2) is 18.1 Å². The van der Waals surface area contributed by atoms with Crippen molar-refractivity contribution in [3.05, 3.63) is 79.3 Å². The van der Waals surface area contributed by atoms with E-state index in [-0.39, 0.29) is 13.2 Å². The maximum absolute atomic E-state index is 12.3. The molecule has 0 atom stereocenters. The van der Waals surface area contributed by atoms with Crippen molar-refractivity contribution in [2.75, 3.05) is 26.1 Å². The quantitative estimate of drug-likeness (QED) is 0.126. The van der Waals surface area contributed by atoms with Crippen molar-refractivity contribution in [2.45, 2.75) is 6.54 Å². The molecule has 3 aromatic carbocycles. The molecule has 3 N–H and O–H groups in total. The summed E-state index contributed by atoms with van der Waals surface area (Å²) in [5.74, 6) is -0.790. The van der Waals surface area contributed by atoms with E-state index >= 15 is 0 Å². The van der Waals surface area contributed by atoms with Gasteiger partial charge in [0.1, 0.15) is 5.75 Å². The van der Waals surface area contributed by atoms with E-state index in [4.69, 9.17) is 37.4 Å². The summed E-state index contributed by atoms with van der Waals surface area (Å²) in [5, 5.41) is 9.71. The highest BCUT2D eigenvalue weighted by Crippen LogP contribution is 2.33. The highest BCUT2D eigenvalue weighted by atomic mass is 127. The highest BCUT2D eigenvalue weighted by molar-refractivity contribution is 14.1. The molecular weight excluding hydrogens is 662 g/mol. The van der Waals surface area contributed by atoms with E-state index in [2.05, 4.69) is 21.2 Å². The van der Waals surface area contributed by atoms with E-state index in [0.29, 0.717) is 42.1 Å². The molecule has 39 heavy (non-hydrogen) atoms. The number of nitrogens with zero attached hydrogens (tertiary/aromatic N) is 1. The fourth-order valence-corrected chi connectivity index (χ4v) is 4.16. The van der Waals surface area contributed by atoms with Crippen LogP contribution >= 0.6 is 45.8 Å². The average Bonchev–Trinajstić information content (AvgIpc) is 2.93. The number of amides is 3. The molecule has 204 valence electrons. The van der Waals surface area contributed by atoms with E-state index in [1.165, 1.54) is 19.4 Å². The maximum Gasteiger partial charge on any atom is 0.329 e. The lowest BCUT2D eigenvalue weighted by molar-refractivity contribution is -0.139. The van der Waals surface area contributed by atoms with Crippen LogP contribution < -0.4 is 30.3 Å².